The minimum Gasteiger partial charge on any atom is -0.469 e. The van der Waals surface area contributed by atoms with Gasteiger partial charge in [-0.3, -0.25) is 9.48 Å². The van der Waals surface area contributed by atoms with Crippen LogP contribution in [-0.2, 0) is 17.8 Å². The van der Waals surface area contributed by atoms with E-state index in [4.69, 9.17) is 4.42 Å². The second kappa shape index (κ2) is 7.26. The molecule has 1 aliphatic rings. The van der Waals surface area contributed by atoms with Crippen LogP contribution in [0.5, 0.6) is 0 Å². The molecule has 0 saturated carbocycles. The Hall–Kier alpha value is -2.08. The fourth-order valence-electron chi connectivity index (χ4n) is 2.90. The van der Waals surface area contributed by atoms with Gasteiger partial charge < -0.3 is 15.1 Å². The first-order chi connectivity index (χ1) is 10.8. The van der Waals surface area contributed by atoms with E-state index in [0.717, 1.165) is 31.0 Å². The van der Waals surface area contributed by atoms with Gasteiger partial charge in [0.2, 0.25) is 5.91 Å². The SMILES string of the molecule is O=C(Cn1nccc1[C@@H]1CCCNC1)NCCc1ccco1. The highest BCUT2D eigenvalue weighted by Gasteiger charge is 2.19. The molecule has 3 rings (SSSR count). The zero-order valence-electron chi connectivity index (χ0n) is 12.6. The smallest absolute Gasteiger partial charge is 0.241 e. The van der Waals surface area contributed by atoms with Crippen LogP contribution in [0.1, 0.15) is 30.2 Å². The van der Waals surface area contributed by atoms with Crippen molar-refractivity contribution in [3.05, 3.63) is 42.1 Å². The van der Waals surface area contributed by atoms with E-state index in [0.29, 0.717) is 18.9 Å². The summed E-state index contributed by atoms with van der Waals surface area (Å²) in [6, 6.07) is 5.78. The number of nitrogens with zero attached hydrogens (tertiary/aromatic N) is 2. The lowest BCUT2D eigenvalue weighted by molar-refractivity contribution is -0.121. The molecule has 0 radical (unpaired) electrons. The van der Waals surface area contributed by atoms with Crippen molar-refractivity contribution in [1.29, 1.82) is 0 Å². The molecule has 6 heteroatoms. The van der Waals surface area contributed by atoms with Crippen LogP contribution in [0.4, 0.5) is 0 Å². The Kier molecular flexibility index (Phi) is 4.90. The minimum absolute atomic E-state index is 0.0136. The molecule has 3 heterocycles. The fraction of sp³-hybridized carbons (Fsp3) is 0.500. The summed E-state index contributed by atoms with van der Waals surface area (Å²) in [6.07, 6.45) is 6.45. The van der Waals surface area contributed by atoms with Crippen molar-refractivity contribution in [3.8, 4) is 0 Å². The topological polar surface area (TPSA) is 72.1 Å². The molecule has 2 aromatic heterocycles. The van der Waals surface area contributed by atoms with Crippen molar-refractivity contribution in [3.63, 3.8) is 0 Å². The number of amides is 1. The van der Waals surface area contributed by atoms with Crippen LogP contribution in [0.25, 0.3) is 0 Å². The van der Waals surface area contributed by atoms with Crippen LogP contribution in [0, 0.1) is 0 Å². The van der Waals surface area contributed by atoms with Gasteiger partial charge in [-0.25, -0.2) is 0 Å². The largest absolute Gasteiger partial charge is 0.469 e. The second-order valence-corrected chi connectivity index (χ2v) is 5.64. The Bertz CT molecular complexity index is 585. The third-order valence-electron chi connectivity index (χ3n) is 4.03. The maximum atomic E-state index is 12.1. The molecule has 118 valence electrons. The van der Waals surface area contributed by atoms with Gasteiger partial charge in [0, 0.05) is 37.3 Å². The molecule has 0 unspecified atom stereocenters. The Labute approximate surface area is 129 Å². The first-order valence-corrected chi connectivity index (χ1v) is 7.84. The molecule has 6 nitrogen and oxygen atoms in total. The molecule has 1 atom stereocenters. The summed E-state index contributed by atoms with van der Waals surface area (Å²) in [7, 11) is 0. The highest BCUT2D eigenvalue weighted by molar-refractivity contribution is 5.75. The third-order valence-corrected chi connectivity index (χ3v) is 4.03. The van der Waals surface area contributed by atoms with Gasteiger partial charge >= 0.3 is 0 Å². The summed E-state index contributed by atoms with van der Waals surface area (Å²) < 4.78 is 7.06. The number of nitrogens with one attached hydrogen (secondary N) is 2. The summed E-state index contributed by atoms with van der Waals surface area (Å²) in [5.74, 6) is 1.32. The molecular weight excluding hydrogens is 280 g/mol. The molecule has 1 aliphatic heterocycles. The number of hydrogen-bond donors (Lipinski definition) is 2. The molecule has 2 N–H and O–H groups in total. The summed E-state index contributed by atoms with van der Waals surface area (Å²) in [5.41, 5.74) is 1.15. The molecule has 0 aromatic carbocycles. The summed E-state index contributed by atoms with van der Waals surface area (Å²) in [4.78, 5) is 12.1. The van der Waals surface area contributed by atoms with Gasteiger partial charge in [-0.05, 0) is 37.6 Å². The van der Waals surface area contributed by atoms with Gasteiger partial charge in [-0.2, -0.15) is 5.10 Å². The fourth-order valence-corrected chi connectivity index (χ4v) is 2.90. The van der Waals surface area contributed by atoms with Crippen LogP contribution in [-0.4, -0.2) is 35.3 Å². The van der Waals surface area contributed by atoms with Crippen LogP contribution < -0.4 is 10.6 Å². The quantitative estimate of drug-likeness (QED) is 0.844. The molecule has 22 heavy (non-hydrogen) atoms. The van der Waals surface area contributed by atoms with Crippen molar-refractivity contribution in [2.24, 2.45) is 0 Å². The number of carbonyl (C=O) groups is 1. The molecular formula is C16H22N4O2. The van der Waals surface area contributed by atoms with E-state index in [1.807, 2.05) is 22.9 Å². The average Bonchev–Trinajstić information content (AvgIpc) is 3.20. The second-order valence-electron chi connectivity index (χ2n) is 5.64. The zero-order chi connectivity index (χ0) is 15.2. The lowest BCUT2D eigenvalue weighted by Crippen LogP contribution is -2.33. The van der Waals surface area contributed by atoms with E-state index in [9.17, 15) is 4.79 Å². The van der Waals surface area contributed by atoms with Crippen LogP contribution >= 0.6 is 0 Å². The van der Waals surface area contributed by atoms with Crippen molar-refractivity contribution >= 4 is 5.91 Å². The maximum absolute atomic E-state index is 12.1. The Morgan fingerprint density at radius 2 is 2.45 bits per heavy atom. The minimum atomic E-state index is -0.0136. The van der Waals surface area contributed by atoms with Crippen molar-refractivity contribution in [2.75, 3.05) is 19.6 Å². The number of rotatable bonds is 6. The van der Waals surface area contributed by atoms with Gasteiger partial charge in [-0.15, -0.1) is 0 Å². The standard InChI is InChI=1S/C16H22N4O2/c21-16(18-8-5-14-4-2-10-22-14)12-20-15(6-9-19-20)13-3-1-7-17-11-13/h2,4,6,9-10,13,17H,1,3,5,7-8,11-12H2,(H,18,21)/t13-/m1/s1. The normalized spacial score (nSPS) is 18.3. The Morgan fingerprint density at radius 3 is 3.23 bits per heavy atom. The van der Waals surface area contributed by atoms with E-state index < -0.39 is 0 Å². The lowest BCUT2D eigenvalue weighted by atomic mass is 9.96. The summed E-state index contributed by atoms with van der Waals surface area (Å²) in [6.45, 7) is 2.90. The van der Waals surface area contributed by atoms with E-state index >= 15 is 0 Å². The predicted molar refractivity (Wildman–Crippen MR) is 82.5 cm³/mol. The van der Waals surface area contributed by atoms with Crippen LogP contribution in [0.3, 0.4) is 0 Å². The Morgan fingerprint density at radius 1 is 1.50 bits per heavy atom. The highest BCUT2D eigenvalue weighted by Crippen LogP contribution is 2.22. The van der Waals surface area contributed by atoms with E-state index in [1.165, 1.54) is 6.42 Å². The van der Waals surface area contributed by atoms with E-state index in [2.05, 4.69) is 15.7 Å². The zero-order valence-corrected chi connectivity index (χ0v) is 12.6. The number of piperidine rings is 1. The first kappa shape index (κ1) is 14.8. The van der Waals surface area contributed by atoms with Gasteiger partial charge in [-0.1, -0.05) is 0 Å². The number of furan rings is 1. The number of hydrogen-bond acceptors (Lipinski definition) is 4. The molecule has 2 aromatic rings. The molecule has 0 bridgehead atoms. The monoisotopic (exact) mass is 302 g/mol. The van der Waals surface area contributed by atoms with Crippen molar-refractivity contribution < 1.29 is 9.21 Å². The molecule has 1 saturated heterocycles. The van der Waals surface area contributed by atoms with Gasteiger partial charge in [0.25, 0.3) is 0 Å². The third kappa shape index (κ3) is 3.76. The maximum Gasteiger partial charge on any atom is 0.241 e. The number of aromatic nitrogens is 2. The highest BCUT2D eigenvalue weighted by atomic mass is 16.3. The van der Waals surface area contributed by atoms with Crippen LogP contribution in [0.15, 0.2) is 35.1 Å². The summed E-state index contributed by atoms with van der Waals surface area (Å²) >= 11 is 0. The first-order valence-electron chi connectivity index (χ1n) is 7.84. The van der Waals surface area contributed by atoms with Gasteiger partial charge in [0.1, 0.15) is 12.3 Å². The van der Waals surface area contributed by atoms with Crippen molar-refractivity contribution in [1.82, 2.24) is 20.4 Å². The molecule has 0 spiro atoms. The lowest BCUT2D eigenvalue weighted by Gasteiger charge is -2.23. The average molecular weight is 302 g/mol. The van der Waals surface area contributed by atoms with Crippen molar-refractivity contribution in [2.45, 2.75) is 31.7 Å². The van der Waals surface area contributed by atoms with Gasteiger partial charge in [0.05, 0.1) is 6.26 Å². The predicted octanol–water partition coefficient (Wildman–Crippen LogP) is 1.30. The summed E-state index contributed by atoms with van der Waals surface area (Å²) in [5, 5.41) is 10.6. The van der Waals surface area contributed by atoms with Gasteiger partial charge in [0.15, 0.2) is 0 Å². The Balaban J connectivity index is 1.50. The number of carbonyl (C=O) groups excluding carboxylic acids is 1. The van der Waals surface area contributed by atoms with E-state index in [1.54, 1.807) is 12.5 Å². The van der Waals surface area contributed by atoms with E-state index in [-0.39, 0.29) is 12.5 Å². The molecule has 0 aliphatic carbocycles. The molecule has 1 fully saturated rings. The molecule has 1 amide bonds. The van der Waals surface area contributed by atoms with Crippen LogP contribution in [0.2, 0.25) is 0 Å².